The number of allylic oxidation sites excluding steroid dienone is 3. The number of hydrogen-bond acceptors (Lipinski definition) is 1. The van der Waals surface area contributed by atoms with Crippen molar-refractivity contribution in [1.82, 2.24) is 9.97 Å². The van der Waals surface area contributed by atoms with Crippen molar-refractivity contribution in [1.29, 1.82) is 0 Å². The number of imidazole rings is 1. The Kier molecular flexibility index (Phi) is 2.58. The Morgan fingerprint density at radius 3 is 2.69 bits per heavy atom. The fourth-order valence-electron chi connectivity index (χ4n) is 1.57. The van der Waals surface area contributed by atoms with E-state index in [-0.39, 0.29) is 11.5 Å². The molecule has 86 valence electrons. The summed E-state index contributed by atoms with van der Waals surface area (Å²) in [4.78, 5) is 6.87. The van der Waals surface area contributed by atoms with Gasteiger partial charge in [0, 0.05) is 22.7 Å². The molecule has 0 amide bonds. The van der Waals surface area contributed by atoms with Crippen LogP contribution in [0.5, 0.6) is 0 Å². The van der Waals surface area contributed by atoms with E-state index in [1.807, 2.05) is 0 Å². The predicted molar refractivity (Wildman–Crippen MR) is 55.0 cm³/mol. The fourth-order valence-corrected chi connectivity index (χ4v) is 1.81. The molecule has 1 aromatic heterocycles. The Morgan fingerprint density at radius 2 is 2.06 bits per heavy atom. The topological polar surface area (TPSA) is 28.7 Å². The smallest absolute Gasteiger partial charge is 0.345 e. The summed E-state index contributed by atoms with van der Waals surface area (Å²) >= 11 is 5.69. The molecule has 0 bridgehead atoms. The molecule has 0 fully saturated rings. The Hall–Kier alpha value is -1.23. The van der Waals surface area contributed by atoms with Crippen LogP contribution in [0.3, 0.4) is 0 Å². The van der Waals surface area contributed by atoms with Crippen LogP contribution in [-0.2, 0) is 6.42 Å². The molecule has 6 heteroatoms. The van der Waals surface area contributed by atoms with Crippen molar-refractivity contribution in [2.24, 2.45) is 0 Å². The maximum absolute atomic E-state index is 12.6. The molecule has 0 radical (unpaired) electrons. The molecule has 0 atom stereocenters. The molecular formula is C10H8ClF3N2. The average Bonchev–Trinajstić information content (AvgIpc) is 2.35. The normalized spacial score (nSPS) is 16.3. The largest absolute Gasteiger partial charge is 0.413 e. The molecule has 0 spiro atoms. The molecule has 16 heavy (non-hydrogen) atoms. The number of H-pyrrole nitrogens is 1. The molecule has 1 aliphatic carbocycles. The second-order valence-electron chi connectivity index (χ2n) is 3.56. The van der Waals surface area contributed by atoms with Gasteiger partial charge in [-0.3, -0.25) is 0 Å². The SMILES string of the molecule is Cc1nc2c([nH]1)CC(C(F)(F)F)=CC(Cl)=C2. The summed E-state index contributed by atoms with van der Waals surface area (Å²) in [5.74, 6) is 0.578. The van der Waals surface area contributed by atoms with Crippen molar-refractivity contribution in [3.05, 3.63) is 33.9 Å². The van der Waals surface area contributed by atoms with Crippen LogP contribution in [0.15, 0.2) is 16.7 Å². The van der Waals surface area contributed by atoms with Gasteiger partial charge in [0.15, 0.2) is 0 Å². The van der Waals surface area contributed by atoms with Crippen LogP contribution in [-0.4, -0.2) is 16.1 Å². The summed E-state index contributed by atoms with van der Waals surface area (Å²) in [5, 5.41) is 0.0394. The van der Waals surface area contributed by atoms with Gasteiger partial charge in [0.25, 0.3) is 0 Å². The molecule has 0 saturated heterocycles. The second-order valence-corrected chi connectivity index (χ2v) is 4.00. The van der Waals surface area contributed by atoms with Gasteiger partial charge >= 0.3 is 6.18 Å². The lowest BCUT2D eigenvalue weighted by Crippen LogP contribution is -2.14. The van der Waals surface area contributed by atoms with E-state index in [0.29, 0.717) is 17.2 Å². The zero-order chi connectivity index (χ0) is 11.9. The first-order chi connectivity index (χ1) is 7.36. The maximum Gasteiger partial charge on any atom is 0.413 e. The monoisotopic (exact) mass is 248 g/mol. The maximum atomic E-state index is 12.6. The summed E-state index contributed by atoms with van der Waals surface area (Å²) < 4.78 is 37.8. The van der Waals surface area contributed by atoms with E-state index in [1.54, 1.807) is 6.92 Å². The third-order valence-electron chi connectivity index (χ3n) is 2.25. The van der Waals surface area contributed by atoms with Crippen LogP contribution in [0.1, 0.15) is 17.2 Å². The molecule has 1 heterocycles. The highest BCUT2D eigenvalue weighted by Crippen LogP contribution is 2.33. The number of hydrogen-bond donors (Lipinski definition) is 1. The molecular weight excluding hydrogens is 241 g/mol. The average molecular weight is 249 g/mol. The van der Waals surface area contributed by atoms with Crippen LogP contribution >= 0.6 is 11.6 Å². The quantitative estimate of drug-likeness (QED) is 0.749. The van der Waals surface area contributed by atoms with Crippen molar-refractivity contribution >= 4 is 17.7 Å². The molecule has 1 aromatic rings. The molecule has 1 aliphatic rings. The number of halogens is 4. The van der Waals surface area contributed by atoms with Crippen molar-refractivity contribution in [2.75, 3.05) is 0 Å². The van der Waals surface area contributed by atoms with Crippen molar-refractivity contribution in [2.45, 2.75) is 19.5 Å². The second kappa shape index (κ2) is 3.66. The third-order valence-corrected chi connectivity index (χ3v) is 2.47. The third kappa shape index (κ3) is 2.14. The Labute approximate surface area is 94.8 Å². The summed E-state index contributed by atoms with van der Waals surface area (Å²) in [5.41, 5.74) is 0.242. The lowest BCUT2D eigenvalue weighted by molar-refractivity contribution is -0.0932. The van der Waals surface area contributed by atoms with Gasteiger partial charge in [-0.25, -0.2) is 4.98 Å². The number of fused-ring (bicyclic) bond motifs is 1. The van der Waals surface area contributed by atoms with E-state index in [1.165, 1.54) is 6.08 Å². The zero-order valence-electron chi connectivity index (χ0n) is 8.32. The summed E-state index contributed by atoms with van der Waals surface area (Å²) in [6, 6.07) is 0. The molecule has 2 nitrogen and oxygen atoms in total. The summed E-state index contributed by atoms with van der Waals surface area (Å²) in [6.45, 7) is 1.69. The van der Waals surface area contributed by atoms with Crippen molar-refractivity contribution in [3.8, 4) is 0 Å². The number of aryl methyl sites for hydroxylation is 1. The summed E-state index contributed by atoms with van der Waals surface area (Å²) in [6.07, 6.45) is -2.23. The Bertz CT molecular complexity index is 483. The van der Waals surface area contributed by atoms with Gasteiger partial charge < -0.3 is 4.98 Å². The molecule has 1 N–H and O–H groups in total. The van der Waals surface area contributed by atoms with Gasteiger partial charge in [-0.2, -0.15) is 13.2 Å². The number of nitrogens with one attached hydrogen (secondary N) is 1. The van der Waals surface area contributed by atoms with Crippen LogP contribution in [0.2, 0.25) is 0 Å². The predicted octanol–water partition coefficient (Wildman–Crippen LogP) is 3.34. The number of nitrogens with zero attached hydrogens (tertiary/aromatic N) is 1. The summed E-state index contributed by atoms with van der Waals surface area (Å²) in [7, 11) is 0. The minimum absolute atomic E-state index is 0.0394. The van der Waals surface area contributed by atoms with Crippen LogP contribution in [0, 0.1) is 6.92 Å². The van der Waals surface area contributed by atoms with E-state index in [4.69, 9.17) is 11.6 Å². The zero-order valence-corrected chi connectivity index (χ0v) is 9.08. The van der Waals surface area contributed by atoms with E-state index >= 15 is 0 Å². The molecule has 0 aromatic carbocycles. The first kappa shape index (κ1) is 11.3. The molecule has 0 aliphatic heterocycles. The number of aromatic nitrogens is 2. The number of alkyl halides is 3. The van der Waals surface area contributed by atoms with Crippen LogP contribution in [0.25, 0.3) is 6.08 Å². The van der Waals surface area contributed by atoms with E-state index in [2.05, 4.69) is 9.97 Å². The first-order valence-electron chi connectivity index (χ1n) is 4.56. The fraction of sp³-hybridized carbons (Fsp3) is 0.300. The Morgan fingerprint density at radius 1 is 1.38 bits per heavy atom. The van der Waals surface area contributed by atoms with Gasteiger partial charge in [-0.15, -0.1) is 0 Å². The van der Waals surface area contributed by atoms with Gasteiger partial charge in [0.1, 0.15) is 5.82 Å². The van der Waals surface area contributed by atoms with E-state index in [0.717, 1.165) is 6.08 Å². The van der Waals surface area contributed by atoms with Gasteiger partial charge in [0.05, 0.1) is 5.69 Å². The lowest BCUT2D eigenvalue weighted by Gasteiger charge is -2.09. The molecule has 0 unspecified atom stereocenters. The van der Waals surface area contributed by atoms with Gasteiger partial charge in [0.2, 0.25) is 0 Å². The van der Waals surface area contributed by atoms with Crippen LogP contribution in [0.4, 0.5) is 13.2 Å². The number of aromatic amines is 1. The van der Waals surface area contributed by atoms with Crippen molar-refractivity contribution in [3.63, 3.8) is 0 Å². The highest BCUT2D eigenvalue weighted by atomic mass is 35.5. The van der Waals surface area contributed by atoms with Crippen LogP contribution < -0.4 is 0 Å². The first-order valence-corrected chi connectivity index (χ1v) is 4.94. The van der Waals surface area contributed by atoms with Crippen molar-refractivity contribution < 1.29 is 13.2 Å². The number of rotatable bonds is 0. The molecule has 2 rings (SSSR count). The van der Waals surface area contributed by atoms with E-state index < -0.39 is 11.7 Å². The van der Waals surface area contributed by atoms with E-state index in [9.17, 15) is 13.2 Å². The van der Waals surface area contributed by atoms with Gasteiger partial charge in [-0.05, 0) is 19.1 Å². The standard InChI is InChI=1S/C10H8ClF3N2/c1-5-15-8-3-6(10(12,13)14)2-7(11)4-9(8)16-5/h2,4H,3H2,1H3,(H,15,16). The Balaban J connectivity index is 2.48. The highest BCUT2D eigenvalue weighted by molar-refractivity contribution is 6.33. The van der Waals surface area contributed by atoms with Gasteiger partial charge in [-0.1, -0.05) is 11.6 Å². The highest BCUT2D eigenvalue weighted by Gasteiger charge is 2.35. The minimum Gasteiger partial charge on any atom is -0.345 e. The lowest BCUT2D eigenvalue weighted by atomic mass is 10.1. The minimum atomic E-state index is -4.37. The molecule has 0 saturated carbocycles.